The van der Waals surface area contributed by atoms with Crippen molar-refractivity contribution in [1.29, 1.82) is 0 Å². The van der Waals surface area contributed by atoms with Crippen LogP contribution in [0.5, 0.6) is 0 Å². The summed E-state index contributed by atoms with van der Waals surface area (Å²) in [5.74, 6) is 1.58. The van der Waals surface area contributed by atoms with E-state index in [0.717, 1.165) is 51.4 Å². The highest BCUT2D eigenvalue weighted by Crippen LogP contribution is 2.75. The lowest BCUT2D eigenvalue weighted by atomic mass is 9.33. The van der Waals surface area contributed by atoms with Gasteiger partial charge in [-0.25, -0.2) is 0 Å². The summed E-state index contributed by atoms with van der Waals surface area (Å²) < 4.78 is 0. The van der Waals surface area contributed by atoms with Crippen LogP contribution in [0.3, 0.4) is 0 Å². The van der Waals surface area contributed by atoms with E-state index >= 15 is 0 Å². The number of aliphatic hydroxyl groups excluding tert-OH is 2. The molecular formula is C30H48O3. The van der Waals surface area contributed by atoms with Crippen LogP contribution in [0.25, 0.3) is 0 Å². The van der Waals surface area contributed by atoms with Crippen LogP contribution in [0.2, 0.25) is 0 Å². The SMILES string of the molecule is CC1(C)CCC2(CO)C(=O)CC3(C)C(=CCC4C5(C)CCC(O)C(C)(C)C5CCC43C)C2C1. The minimum Gasteiger partial charge on any atom is -0.395 e. The van der Waals surface area contributed by atoms with Gasteiger partial charge in [0.2, 0.25) is 0 Å². The van der Waals surface area contributed by atoms with E-state index in [1.54, 1.807) is 0 Å². The Morgan fingerprint density at radius 2 is 1.64 bits per heavy atom. The predicted octanol–water partition coefficient (Wildman–Crippen LogP) is 6.32. The number of rotatable bonds is 1. The number of hydrogen-bond acceptors (Lipinski definition) is 3. The summed E-state index contributed by atoms with van der Waals surface area (Å²) in [4.78, 5) is 14.0. The summed E-state index contributed by atoms with van der Waals surface area (Å²) in [6.45, 7) is 16.7. The van der Waals surface area contributed by atoms with E-state index in [4.69, 9.17) is 0 Å². The number of fused-ring (bicyclic) bond motifs is 7. The third-order valence-corrected chi connectivity index (χ3v) is 12.9. The second-order valence-corrected chi connectivity index (χ2v) is 15.0. The van der Waals surface area contributed by atoms with E-state index in [1.165, 1.54) is 5.57 Å². The van der Waals surface area contributed by atoms with Crippen molar-refractivity contribution in [3.63, 3.8) is 0 Å². The van der Waals surface area contributed by atoms with E-state index in [2.05, 4.69) is 54.5 Å². The molecule has 186 valence electrons. The van der Waals surface area contributed by atoms with Crippen LogP contribution < -0.4 is 0 Å². The molecule has 8 atom stereocenters. The van der Waals surface area contributed by atoms with Gasteiger partial charge in [-0.2, -0.15) is 0 Å². The lowest BCUT2D eigenvalue weighted by Crippen LogP contribution is -2.66. The van der Waals surface area contributed by atoms with E-state index in [9.17, 15) is 15.0 Å². The molecular weight excluding hydrogens is 408 g/mol. The van der Waals surface area contributed by atoms with E-state index in [1.807, 2.05) is 0 Å². The molecule has 5 aliphatic carbocycles. The summed E-state index contributed by atoms with van der Waals surface area (Å²) in [6.07, 6.45) is 11.2. The molecule has 33 heavy (non-hydrogen) atoms. The van der Waals surface area contributed by atoms with Crippen LogP contribution in [0, 0.1) is 50.2 Å². The van der Waals surface area contributed by atoms with Gasteiger partial charge in [0.05, 0.1) is 18.1 Å². The zero-order valence-corrected chi connectivity index (χ0v) is 22.3. The van der Waals surface area contributed by atoms with Gasteiger partial charge in [0, 0.05) is 11.8 Å². The molecule has 4 fully saturated rings. The zero-order valence-electron chi connectivity index (χ0n) is 22.3. The molecule has 0 amide bonds. The van der Waals surface area contributed by atoms with Crippen LogP contribution in [-0.2, 0) is 4.79 Å². The number of carbonyl (C=O) groups excluding carboxylic acids is 1. The first-order chi connectivity index (χ1) is 15.2. The molecule has 5 aliphatic rings. The molecule has 5 rings (SSSR count). The van der Waals surface area contributed by atoms with Crippen LogP contribution in [0.4, 0.5) is 0 Å². The third kappa shape index (κ3) is 2.85. The fraction of sp³-hybridized carbons (Fsp3) is 0.900. The molecule has 4 saturated carbocycles. The number of carbonyl (C=O) groups is 1. The highest BCUT2D eigenvalue weighted by atomic mass is 16.3. The van der Waals surface area contributed by atoms with Crippen LogP contribution in [0.1, 0.15) is 106 Å². The van der Waals surface area contributed by atoms with Crippen molar-refractivity contribution < 1.29 is 15.0 Å². The van der Waals surface area contributed by atoms with Gasteiger partial charge in [-0.3, -0.25) is 4.79 Å². The van der Waals surface area contributed by atoms with E-state index < -0.39 is 5.41 Å². The normalized spacial score (nSPS) is 52.6. The lowest BCUT2D eigenvalue weighted by Gasteiger charge is -2.71. The van der Waals surface area contributed by atoms with Gasteiger partial charge >= 0.3 is 0 Å². The molecule has 0 heterocycles. The maximum atomic E-state index is 14.0. The highest BCUT2D eigenvalue weighted by Gasteiger charge is 2.69. The van der Waals surface area contributed by atoms with Crippen LogP contribution >= 0.6 is 0 Å². The van der Waals surface area contributed by atoms with Crippen molar-refractivity contribution in [2.45, 2.75) is 112 Å². The quantitative estimate of drug-likeness (QED) is 0.454. The predicted molar refractivity (Wildman–Crippen MR) is 133 cm³/mol. The number of Topliss-reactive ketones (excluding diaryl/α,β-unsaturated/α-hetero) is 1. The Hall–Kier alpha value is -0.670. The van der Waals surface area contributed by atoms with Crippen molar-refractivity contribution in [2.24, 2.45) is 50.2 Å². The Kier molecular flexibility index (Phi) is 5.07. The summed E-state index contributed by atoms with van der Waals surface area (Å²) in [5, 5.41) is 21.5. The first kappa shape index (κ1) is 24.0. The number of aliphatic hydroxyl groups is 2. The Morgan fingerprint density at radius 3 is 2.30 bits per heavy atom. The van der Waals surface area contributed by atoms with Crippen molar-refractivity contribution >= 4 is 5.78 Å². The van der Waals surface area contributed by atoms with Gasteiger partial charge in [0.25, 0.3) is 0 Å². The maximum Gasteiger partial charge on any atom is 0.142 e. The standard InChI is InChI=1S/C30H48O3/c1-25(2)14-15-30(18-31)20(16-25)19-8-9-22-27(5)12-11-23(32)26(3,4)21(27)10-13-28(22,6)29(19,7)17-24(30)33/h8,20-23,31-32H,9-18H2,1-7H3. The van der Waals surface area contributed by atoms with Crippen molar-refractivity contribution in [2.75, 3.05) is 6.61 Å². The number of ketones is 1. The van der Waals surface area contributed by atoms with Gasteiger partial charge in [0.15, 0.2) is 0 Å². The fourth-order valence-corrected chi connectivity index (χ4v) is 10.5. The average molecular weight is 457 g/mol. The maximum absolute atomic E-state index is 14.0. The first-order valence-electron chi connectivity index (χ1n) is 13.7. The Morgan fingerprint density at radius 1 is 0.939 bits per heavy atom. The van der Waals surface area contributed by atoms with Gasteiger partial charge in [-0.1, -0.05) is 60.1 Å². The molecule has 0 aromatic carbocycles. The monoisotopic (exact) mass is 456 g/mol. The lowest BCUT2D eigenvalue weighted by molar-refractivity contribution is -0.204. The highest BCUT2D eigenvalue weighted by molar-refractivity contribution is 5.89. The zero-order chi connectivity index (χ0) is 24.2. The Labute approximate surface area is 201 Å². The van der Waals surface area contributed by atoms with Gasteiger partial charge in [-0.05, 0) is 90.8 Å². The van der Waals surface area contributed by atoms with Crippen LogP contribution in [-0.4, -0.2) is 28.7 Å². The van der Waals surface area contributed by atoms with Crippen molar-refractivity contribution in [3.05, 3.63) is 11.6 Å². The second-order valence-electron chi connectivity index (χ2n) is 15.0. The van der Waals surface area contributed by atoms with Crippen molar-refractivity contribution in [3.8, 4) is 0 Å². The molecule has 0 aromatic heterocycles. The van der Waals surface area contributed by atoms with E-state index in [0.29, 0.717) is 24.0 Å². The summed E-state index contributed by atoms with van der Waals surface area (Å²) >= 11 is 0. The molecule has 0 bridgehead atoms. The van der Waals surface area contributed by atoms with E-state index in [-0.39, 0.29) is 45.7 Å². The molecule has 0 aliphatic heterocycles. The van der Waals surface area contributed by atoms with Crippen molar-refractivity contribution in [1.82, 2.24) is 0 Å². The topological polar surface area (TPSA) is 57.5 Å². The van der Waals surface area contributed by atoms with Gasteiger partial charge < -0.3 is 10.2 Å². The summed E-state index contributed by atoms with van der Waals surface area (Å²) in [7, 11) is 0. The number of hydrogen-bond donors (Lipinski definition) is 2. The Bertz CT molecular complexity index is 885. The summed E-state index contributed by atoms with van der Waals surface area (Å²) in [6, 6.07) is 0. The third-order valence-electron chi connectivity index (χ3n) is 12.9. The smallest absolute Gasteiger partial charge is 0.142 e. The molecule has 0 radical (unpaired) electrons. The molecule has 0 spiro atoms. The number of allylic oxidation sites excluding steroid dienone is 2. The largest absolute Gasteiger partial charge is 0.395 e. The minimum atomic E-state index is -0.553. The minimum absolute atomic E-state index is 0.00596. The average Bonchev–Trinajstić information content (AvgIpc) is 2.71. The molecule has 3 heteroatoms. The molecule has 0 saturated heterocycles. The molecule has 8 unspecified atom stereocenters. The van der Waals surface area contributed by atoms with Gasteiger partial charge in [-0.15, -0.1) is 0 Å². The summed E-state index contributed by atoms with van der Waals surface area (Å²) in [5.41, 5.74) is 1.27. The first-order valence-corrected chi connectivity index (χ1v) is 13.7. The molecule has 2 N–H and O–H groups in total. The molecule has 3 nitrogen and oxygen atoms in total. The molecule has 0 aromatic rings. The van der Waals surface area contributed by atoms with Gasteiger partial charge in [0.1, 0.15) is 5.78 Å². The fourth-order valence-electron chi connectivity index (χ4n) is 10.5. The Balaban J connectivity index is 1.62. The second kappa shape index (κ2) is 6.96. The van der Waals surface area contributed by atoms with Crippen LogP contribution in [0.15, 0.2) is 11.6 Å².